The Labute approximate surface area is 187 Å². The molecular weight excluding hydrogens is 404 g/mol. The van der Waals surface area contributed by atoms with Gasteiger partial charge in [0.05, 0.1) is 11.9 Å². The van der Waals surface area contributed by atoms with Crippen molar-refractivity contribution in [2.75, 3.05) is 30.4 Å². The smallest absolute Gasteiger partial charge is 0.391 e. The fraction of sp³-hybridized carbons (Fsp3) is 0.240. The molecule has 3 aromatic rings. The van der Waals surface area contributed by atoms with Gasteiger partial charge in [0.1, 0.15) is 0 Å². The fourth-order valence-corrected chi connectivity index (χ4v) is 3.59. The van der Waals surface area contributed by atoms with Gasteiger partial charge in [-0.2, -0.15) is 0 Å². The van der Waals surface area contributed by atoms with Gasteiger partial charge in [-0.1, -0.05) is 30.3 Å². The number of benzene rings is 2. The molecule has 2 heterocycles. The van der Waals surface area contributed by atoms with Crippen molar-refractivity contribution >= 4 is 23.4 Å². The minimum absolute atomic E-state index is 0.155. The number of nitrogens with zero attached hydrogens (tertiary/aromatic N) is 3. The molecule has 0 bridgehead atoms. The Bertz CT molecular complexity index is 1050. The van der Waals surface area contributed by atoms with Gasteiger partial charge < -0.3 is 10.1 Å². The van der Waals surface area contributed by atoms with Gasteiger partial charge in [0.15, 0.2) is 0 Å². The highest BCUT2D eigenvalue weighted by Gasteiger charge is 2.15. The van der Waals surface area contributed by atoms with Crippen LogP contribution in [-0.2, 0) is 6.54 Å². The van der Waals surface area contributed by atoms with Crippen LogP contribution in [0.25, 0.3) is 0 Å². The van der Waals surface area contributed by atoms with E-state index in [-0.39, 0.29) is 11.8 Å². The molecule has 0 spiro atoms. The van der Waals surface area contributed by atoms with E-state index in [4.69, 9.17) is 4.74 Å². The molecule has 1 saturated heterocycles. The second-order valence-electron chi connectivity index (χ2n) is 7.78. The lowest BCUT2D eigenvalue weighted by Crippen LogP contribution is -2.29. The monoisotopic (exact) mass is 430 g/mol. The van der Waals surface area contributed by atoms with Crippen LogP contribution in [0.5, 0.6) is 5.88 Å². The summed E-state index contributed by atoms with van der Waals surface area (Å²) in [4.78, 5) is 32.8. The van der Waals surface area contributed by atoms with Crippen molar-refractivity contribution in [3.05, 3.63) is 84.1 Å². The first kappa shape index (κ1) is 21.5. The molecule has 1 aliphatic rings. The Kier molecular flexibility index (Phi) is 6.77. The lowest BCUT2D eigenvalue weighted by atomic mass is 10.1. The number of hydrogen-bond donors (Lipinski definition) is 1. The summed E-state index contributed by atoms with van der Waals surface area (Å²) in [7, 11) is 1.63. The van der Waals surface area contributed by atoms with Crippen molar-refractivity contribution < 1.29 is 14.3 Å². The number of ether oxygens (including phenoxy) is 1. The highest BCUT2D eigenvalue weighted by Crippen LogP contribution is 2.17. The zero-order chi connectivity index (χ0) is 22.3. The fourth-order valence-electron chi connectivity index (χ4n) is 3.59. The zero-order valence-corrected chi connectivity index (χ0v) is 18.0. The first-order chi connectivity index (χ1) is 15.6. The van der Waals surface area contributed by atoms with Crippen molar-refractivity contribution in [2.24, 2.45) is 0 Å². The van der Waals surface area contributed by atoms with E-state index in [1.807, 2.05) is 54.6 Å². The van der Waals surface area contributed by atoms with Gasteiger partial charge in [-0.25, -0.2) is 9.78 Å². The van der Waals surface area contributed by atoms with Crippen LogP contribution < -0.4 is 15.0 Å². The number of amides is 2. The summed E-state index contributed by atoms with van der Waals surface area (Å²) in [6.45, 7) is 3.21. The van der Waals surface area contributed by atoms with Crippen LogP contribution >= 0.6 is 0 Å². The summed E-state index contributed by atoms with van der Waals surface area (Å²) in [6, 6.07) is 20.1. The number of carbonyl (C=O) groups is 2. The Hall–Kier alpha value is -3.71. The molecule has 2 amide bonds. The predicted octanol–water partition coefficient (Wildman–Crippen LogP) is 4.56. The predicted molar refractivity (Wildman–Crippen MR) is 124 cm³/mol. The number of likely N-dealkylation sites (tertiary alicyclic amines) is 1. The van der Waals surface area contributed by atoms with Crippen LogP contribution in [0, 0.1) is 0 Å². The molecule has 0 radical (unpaired) electrons. The SMILES string of the molecule is CN(C(=O)Oc1ccc(NC(=O)c2ccc(CN3CCCC3)cc2)cn1)c1ccccc1. The maximum atomic E-state index is 12.5. The third kappa shape index (κ3) is 5.50. The van der Waals surface area contributed by atoms with Gasteiger partial charge in [-0.05, 0) is 61.8 Å². The van der Waals surface area contributed by atoms with Gasteiger partial charge in [0, 0.05) is 30.9 Å². The van der Waals surface area contributed by atoms with E-state index in [0.29, 0.717) is 16.9 Å². The first-order valence-electron chi connectivity index (χ1n) is 10.7. The molecule has 1 aromatic heterocycles. The summed E-state index contributed by atoms with van der Waals surface area (Å²) in [5.41, 5.74) is 3.02. The van der Waals surface area contributed by atoms with Crippen LogP contribution in [0.2, 0.25) is 0 Å². The maximum Gasteiger partial charge on any atom is 0.420 e. The number of hydrogen-bond acceptors (Lipinski definition) is 5. The summed E-state index contributed by atoms with van der Waals surface area (Å²) < 4.78 is 5.30. The second kappa shape index (κ2) is 10.1. The van der Waals surface area contributed by atoms with E-state index in [0.717, 1.165) is 19.6 Å². The number of para-hydroxylation sites is 1. The second-order valence-corrected chi connectivity index (χ2v) is 7.78. The van der Waals surface area contributed by atoms with Crippen molar-refractivity contribution in [1.29, 1.82) is 0 Å². The first-order valence-corrected chi connectivity index (χ1v) is 10.7. The lowest BCUT2D eigenvalue weighted by Gasteiger charge is -2.16. The molecule has 164 valence electrons. The average Bonchev–Trinajstić information content (AvgIpc) is 3.34. The molecule has 0 atom stereocenters. The van der Waals surface area contributed by atoms with Crippen molar-refractivity contribution in [1.82, 2.24) is 9.88 Å². The molecule has 0 unspecified atom stereocenters. The lowest BCUT2D eigenvalue weighted by molar-refractivity contribution is 0.102. The van der Waals surface area contributed by atoms with Crippen molar-refractivity contribution in [2.45, 2.75) is 19.4 Å². The van der Waals surface area contributed by atoms with Crippen LogP contribution in [0.4, 0.5) is 16.2 Å². The van der Waals surface area contributed by atoms with Gasteiger partial charge in [-0.15, -0.1) is 0 Å². The van der Waals surface area contributed by atoms with Crippen molar-refractivity contribution in [3.63, 3.8) is 0 Å². The number of anilines is 2. The summed E-state index contributed by atoms with van der Waals surface area (Å²) in [5.74, 6) is -0.0601. The van der Waals surface area contributed by atoms with Gasteiger partial charge in [-0.3, -0.25) is 14.6 Å². The molecule has 0 aliphatic carbocycles. The minimum atomic E-state index is -0.547. The normalized spacial score (nSPS) is 13.5. The Morgan fingerprint density at radius 1 is 1.00 bits per heavy atom. The molecule has 7 heteroatoms. The largest absolute Gasteiger partial charge is 0.420 e. The molecule has 4 rings (SSSR count). The Morgan fingerprint density at radius 3 is 2.38 bits per heavy atom. The summed E-state index contributed by atoms with van der Waals surface area (Å²) in [5, 5.41) is 2.82. The highest BCUT2D eigenvalue weighted by atomic mass is 16.6. The van der Waals surface area contributed by atoms with Crippen LogP contribution in [0.3, 0.4) is 0 Å². The quantitative estimate of drug-likeness (QED) is 0.620. The Balaban J connectivity index is 1.31. The molecule has 2 aromatic carbocycles. The standard InChI is InChI=1S/C25H26N4O3/c1-28(22-7-3-2-4-8-22)25(31)32-23-14-13-21(17-26-23)27-24(30)20-11-9-19(10-12-20)18-29-15-5-6-16-29/h2-4,7-14,17H,5-6,15-16,18H2,1H3,(H,27,30). The molecule has 32 heavy (non-hydrogen) atoms. The van der Waals surface area contributed by atoms with E-state index in [2.05, 4.69) is 15.2 Å². The maximum absolute atomic E-state index is 12.5. The Morgan fingerprint density at radius 2 is 1.72 bits per heavy atom. The van der Waals surface area contributed by atoms with Crippen LogP contribution in [-0.4, -0.2) is 42.0 Å². The average molecular weight is 431 g/mol. The van der Waals surface area contributed by atoms with Gasteiger partial charge in [0.2, 0.25) is 5.88 Å². The van der Waals surface area contributed by atoms with E-state index < -0.39 is 6.09 Å². The molecule has 7 nitrogen and oxygen atoms in total. The zero-order valence-electron chi connectivity index (χ0n) is 18.0. The number of pyridine rings is 1. The summed E-state index contributed by atoms with van der Waals surface area (Å²) >= 11 is 0. The van der Waals surface area contributed by atoms with E-state index in [9.17, 15) is 9.59 Å². The van der Waals surface area contributed by atoms with E-state index in [1.54, 1.807) is 19.2 Å². The van der Waals surface area contributed by atoms with E-state index in [1.165, 1.54) is 29.5 Å². The number of carbonyl (C=O) groups excluding carboxylic acids is 2. The number of aromatic nitrogens is 1. The third-order valence-corrected chi connectivity index (χ3v) is 5.42. The van der Waals surface area contributed by atoms with Crippen LogP contribution in [0.15, 0.2) is 72.9 Å². The number of rotatable bonds is 6. The van der Waals surface area contributed by atoms with Crippen LogP contribution in [0.1, 0.15) is 28.8 Å². The summed E-state index contributed by atoms with van der Waals surface area (Å²) in [6.07, 6.45) is 3.44. The minimum Gasteiger partial charge on any atom is -0.391 e. The van der Waals surface area contributed by atoms with Crippen molar-refractivity contribution in [3.8, 4) is 5.88 Å². The van der Waals surface area contributed by atoms with E-state index >= 15 is 0 Å². The van der Waals surface area contributed by atoms with Gasteiger partial charge in [0.25, 0.3) is 5.91 Å². The molecule has 0 saturated carbocycles. The molecule has 1 fully saturated rings. The topological polar surface area (TPSA) is 74.8 Å². The number of nitrogens with one attached hydrogen (secondary N) is 1. The molecule has 1 N–H and O–H groups in total. The molecular formula is C25H26N4O3. The highest BCUT2D eigenvalue weighted by molar-refractivity contribution is 6.04. The van der Waals surface area contributed by atoms with Gasteiger partial charge >= 0.3 is 6.09 Å². The molecule has 1 aliphatic heterocycles. The third-order valence-electron chi connectivity index (χ3n) is 5.42.